The first kappa shape index (κ1) is 18.6. The highest BCUT2D eigenvalue weighted by Crippen LogP contribution is 2.48. The monoisotopic (exact) mass is 403 g/mol. The molecule has 0 saturated heterocycles. The first-order chi connectivity index (χ1) is 14.1. The van der Waals surface area contributed by atoms with Crippen molar-refractivity contribution >= 4 is 17.5 Å². The zero-order valence-electron chi connectivity index (χ0n) is 16.8. The second-order valence-electron chi connectivity index (χ2n) is 8.36. The Bertz CT molecular complexity index is 1030. The summed E-state index contributed by atoms with van der Waals surface area (Å²) in [6, 6.07) is 16.7. The van der Waals surface area contributed by atoms with Crippen LogP contribution < -0.4 is 0 Å². The van der Waals surface area contributed by atoms with Gasteiger partial charge >= 0.3 is 0 Å². The minimum Gasteiger partial charge on any atom is -0.303 e. The van der Waals surface area contributed by atoms with Crippen molar-refractivity contribution < 1.29 is 4.79 Å². The molecule has 2 aliphatic carbocycles. The fraction of sp³-hybridized carbons (Fsp3) is 0.375. The molecule has 0 bridgehead atoms. The second-order valence-corrected chi connectivity index (χ2v) is 9.43. The number of hydrogen-bond acceptors (Lipinski definition) is 4. The van der Waals surface area contributed by atoms with Crippen molar-refractivity contribution in [1.29, 1.82) is 0 Å². The first-order valence-corrected chi connectivity index (χ1v) is 11.3. The van der Waals surface area contributed by atoms with Gasteiger partial charge in [-0.25, -0.2) is 0 Å². The number of thioether (sulfide) groups is 1. The van der Waals surface area contributed by atoms with Crippen LogP contribution in [0.4, 0.5) is 0 Å². The Balaban J connectivity index is 1.51. The number of nitrogens with zero attached hydrogens (tertiary/aromatic N) is 3. The smallest absolute Gasteiger partial charge is 0.192 e. The summed E-state index contributed by atoms with van der Waals surface area (Å²) in [6.07, 6.45) is 4.79. The van der Waals surface area contributed by atoms with Gasteiger partial charge in [0, 0.05) is 17.5 Å². The van der Waals surface area contributed by atoms with Crippen LogP contribution in [0.15, 0.2) is 53.7 Å². The molecular weight excluding hydrogens is 378 g/mol. The molecule has 0 amide bonds. The number of aryl methyl sites for hydroxylation is 2. The maximum Gasteiger partial charge on any atom is 0.192 e. The van der Waals surface area contributed by atoms with E-state index in [0.29, 0.717) is 12.0 Å². The van der Waals surface area contributed by atoms with E-state index in [1.807, 2.05) is 31.2 Å². The zero-order valence-corrected chi connectivity index (χ0v) is 17.7. The Kier molecular flexibility index (Phi) is 4.78. The summed E-state index contributed by atoms with van der Waals surface area (Å²) < 4.78 is 2.33. The Morgan fingerprint density at radius 2 is 1.55 bits per heavy atom. The molecule has 2 fully saturated rings. The van der Waals surface area contributed by atoms with Crippen LogP contribution in [-0.2, 0) is 0 Å². The summed E-state index contributed by atoms with van der Waals surface area (Å²) in [6.45, 7) is 4.11. The van der Waals surface area contributed by atoms with Crippen molar-refractivity contribution in [1.82, 2.24) is 14.8 Å². The van der Waals surface area contributed by atoms with E-state index in [9.17, 15) is 4.79 Å². The summed E-state index contributed by atoms with van der Waals surface area (Å²) in [7, 11) is 0. The predicted molar refractivity (Wildman–Crippen MR) is 116 cm³/mol. The molecule has 0 aliphatic heterocycles. The van der Waals surface area contributed by atoms with Crippen molar-refractivity contribution in [3.63, 3.8) is 0 Å². The van der Waals surface area contributed by atoms with Gasteiger partial charge in [-0.05, 0) is 45.1 Å². The number of aromatic nitrogens is 3. The number of Topliss-reactive ketones (excluding diaryl/α,β-unsaturated/α-hetero) is 1. The summed E-state index contributed by atoms with van der Waals surface area (Å²) in [5.41, 5.74) is 4.11. The molecule has 1 unspecified atom stereocenters. The number of hydrogen-bond donors (Lipinski definition) is 0. The second kappa shape index (κ2) is 7.45. The van der Waals surface area contributed by atoms with Crippen LogP contribution in [0.5, 0.6) is 0 Å². The summed E-state index contributed by atoms with van der Waals surface area (Å²) >= 11 is 1.56. The number of ketones is 1. The van der Waals surface area contributed by atoms with E-state index >= 15 is 0 Å². The lowest BCUT2D eigenvalue weighted by atomic mass is 10.0. The van der Waals surface area contributed by atoms with Gasteiger partial charge < -0.3 is 4.57 Å². The topological polar surface area (TPSA) is 47.8 Å². The van der Waals surface area contributed by atoms with Crippen LogP contribution >= 0.6 is 11.8 Å². The highest BCUT2D eigenvalue weighted by molar-refractivity contribution is 8.00. The van der Waals surface area contributed by atoms with E-state index in [2.05, 4.69) is 46.0 Å². The standard InChI is InChI=1S/C24H25N3OS/c1-15-3-7-17(8-4-15)21(28)22(18-9-5-16(2)6-10-18)29-24-26-25-23(19-11-12-19)27(24)20-13-14-20/h3-10,19-20,22H,11-14H2,1-2H3. The molecule has 2 saturated carbocycles. The van der Waals surface area contributed by atoms with Gasteiger partial charge in [-0.3, -0.25) is 4.79 Å². The van der Waals surface area contributed by atoms with E-state index in [1.54, 1.807) is 11.8 Å². The Morgan fingerprint density at radius 3 is 2.14 bits per heavy atom. The molecule has 0 spiro atoms. The van der Waals surface area contributed by atoms with E-state index in [-0.39, 0.29) is 11.0 Å². The Hall–Kier alpha value is -2.40. The van der Waals surface area contributed by atoms with Crippen LogP contribution in [0.1, 0.15) is 75.8 Å². The average molecular weight is 404 g/mol. The minimum atomic E-state index is -0.327. The maximum absolute atomic E-state index is 13.5. The van der Waals surface area contributed by atoms with Crippen molar-refractivity contribution in [2.75, 3.05) is 0 Å². The van der Waals surface area contributed by atoms with Gasteiger partial charge in [-0.15, -0.1) is 10.2 Å². The SMILES string of the molecule is Cc1ccc(C(=O)C(Sc2nnc(C3CC3)n2C2CC2)c2ccc(C)cc2)cc1. The van der Waals surface area contributed by atoms with Gasteiger partial charge in [0.15, 0.2) is 10.9 Å². The van der Waals surface area contributed by atoms with Gasteiger partial charge in [0.05, 0.1) is 0 Å². The van der Waals surface area contributed by atoms with E-state index in [0.717, 1.165) is 27.7 Å². The van der Waals surface area contributed by atoms with E-state index in [4.69, 9.17) is 0 Å². The third-order valence-electron chi connectivity index (χ3n) is 5.72. The molecule has 29 heavy (non-hydrogen) atoms. The van der Waals surface area contributed by atoms with E-state index < -0.39 is 0 Å². The predicted octanol–water partition coefficient (Wildman–Crippen LogP) is 5.82. The molecule has 0 N–H and O–H groups in total. The molecule has 4 nitrogen and oxygen atoms in total. The van der Waals surface area contributed by atoms with Crippen molar-refractivity contribution in [2.45, 2.75) is 61.9 Å². The molecule has 3 aromatic rings. The quantitative estimate of drug-likeness (QED) is 0.368. The molecule has 5 rings (SSSR count). The number of benzene rings is 2. The van der Waals surface area contributed by atoms with Crippen LogP contribution in [0.2, 0.25) is 0 Å². The summed E-state index contributed by atoms with van der Waals surface area (Å²) in [5, 5.41) is 9.62. The minimum absolute atomic E-state index is 0.122. The molecule has 2 aromatic carbocycles. The van der Waals surface area contributed by atoms with Crippen LogP contribution in [0, 0.1) is 13.8 Å². The molecule has 1 heterocycles. The fourth-order valence-corrected chi connectivity index (χ4v) is 4.84. The third-order valence-corrected chi connectivity index (χ3v) is 6.93. The zero-order chi connectivity index (χ0) is 20.0. The Morgan fingerprint density at radius 1 is 0.931 bits per heavy atom. The molecule has 0 radical (unpaired) electrons. The van der Waals surface area contributed by atoms with Crippen molar-refractivity contribution in [3.05, 3.63) is 76.6 Å². The molecular formula is C24H25N3OS. The summed E-state index contributed by atoms with van der Waals surface area (Å²) in [4.78, 5) is 13.5. The fourth-order valence-electron chi connectivity index (χ4n) is 3.65. The maximum atomic E-state index is 13.5. The van der Waals surface area contributed by atoms with Crippen LogP contribution in [0.3, 0.4) is 0 Å². The lowest BCUT2D eigenvalue weighted by Gasteiger charge is -2.17. The van der Waals surface area contributed by atoms with E-state index in [1.165, 1.54) is 31.2 Å². The van der Waals surface area contributed by atoms with Gasteiger partial charge in [-0.2, -0.15) is 0 Å². The highest BCUT2D eigenvalue weighted by Gasteiger charge is 2.37. The van der Waals surface area contributed by atoms with Crippen molar-refractivity contribution in [3.8, 4) is 0 Å². The Labute approximate surface area is 175 Å². The normalized spacial score (nSPS) is 17.3. The van der Waals surface area contributed by atoms with Gasteiger partial charge in [-0.1, -0.05) is 71.4 Å². The average Bonchev–Trinajstić information content (AvgIpc) is 3.66. The number of carbonyl (C=O) groups is 1. The van der Waals surface area contributed by atoms with Gasteiger partial charge in [0.2, 0.25) is 0 Å². The lowest BCUT2D eigenvalue weighted by Crippen LogP contribution is -2.12. The third kappa shape index (κ3) is 3.88. The van der Waals surface area contributed by atoms with Gasteiger partial charge in [0.1, 0.15) is 11.1 Å². The largest absolute Gasteiger partial charge is 0.303 e. The molecule has 1 atom stereocenters. The molecule has 2 aliphatic rings. The lowest BCUT2D eigenvalue weighted by molar-refractivity contribution is 0.0989. The molecule has 148 valence electrons. The highest BCUT2D eigenvalue weighted by atomic mass is 32.2. The van der Waals surface area contributed by atoms with Gasteiger partial charge in [0.25, 0.3) is 0 Å². The van der Waals surface area contributed by atoms with Crippen LogP contribution in [0.25, 0.3) is 0 Å². The molecule has 1 aromatic heterocycles. The summed E-state index contributed by atoms with van der Waals surface area (Å²) in [5.74, 6) is 1.81. The van der Waals surface area contributed by atoms with Crippen LogP contribution in [-0.4, -0.2) is 20.5 Å². The number of rotatable bonds is 7. The van der Waals surface area contributed by atoms with Crippen molar-refractivity contribution in [2.24, 2.45) is 0 Å². The number of carbonyl (C=O) groups excluding carboxylic acids is 1. The first-order valence-electron chi connectivity index (χ1n) is 10.4. The molecule has 5 heteroatoms.